The summed E-state index contributed by atoms with van der Waals surface area (Å²) in [4.78, 5) is 28.2. The maximum atomic E-state index is 11.1. The largest absolute Gasteiger partial charge is 0.369 e. The summed E-state index contributed by atoms with van der Waals surface area (Å²) in [6.45, 7) is 1.43. The second kappa shape index (κ2) is 4.95. The normalized spacial score (nSPS) is 16.8. The van der Waals surface area contributed by atoms with E-state index in [0.29, 0.717) is 24.5 Å². The lowest BCUT2D eigenvalue weighted by atomic mass is 9.96. The van der Waals surface area contributed by atoms with Gasteiger partial charge in [-0.05, 0) is 25.0 Å². The molecule has 90 valence electrons. The molecule has 0 radical (unpaired) electrons. The molecule has 0 saturated carbocycles. The molecule has 1 fully saturated rings. The topological polar surface area (TPSA) is 76.3 Å². The highest BCUT2D eigenvalue weighted by Gasteiger charge is 2.24. The molecule has 1 aliphatic heterocycles. The Morgan fingerprint density at radius 3 is 2.76 bits per heavy atom. The fourth-order valence-electron chi connectivity index (χ4n) is 2.14. The van der Waals surface area contributed by atoms with E-state index in [4.69, 9.17) is 5.73 Å². The summed E-state index contributed by atoms with van der Waals surface area (Å²) in [5, 5.41) is 0. The number of amides is 1. The first-order valence-electron chi connectivity index (χ1n) is 5.67. The molecule has 1 aliphatic rings. The Kier molecular flexibility index (Phi) is 3.37. The first kappa shape index (κ1) is 11.6. The molecule has 0 spiro atoms. The molecule has 1 aromatic rings. The van der Waals surface area contributed by atoms with Crippen molar-refractivity contribution in [2.45, 2.75) is 12.8 Å². The van der Waals surface area contributed by atoms with Gasteiger partial charge in [0.15, 0.2) is 6.29 Å². The van der Waals surface area contributed by atoms with Crippen LogP contribution >= 0.6 is 0 Å². The number of pyridine rings is 1. The van der Waals surface area contributed by atoms with Gasteiger partial charge in [0, 0.05) is 25.2 Å². The van der Waals surface area contributed by atoms with Gasteiger partial charge in [-0.3, -0.25) is 9.59 Å². The number of nitrogens with zero attached hydrogens (tertiary/aromatic N) is 2. The van der Waals surface area contributed by atoms with Crippen LogP contribution in [0.25, 0.3) is 0 Å². The minimum atomic E-state index is -0.235. The molecule has 0 aromatic carbocycles. The lowest BCUT2D eigenvalue weighted by molar-refractivity contribution is -0.122. The number of hydrogen-bond acceptors (Lipinski definition) is 4. The predicted molar refractivity (Wildman–Crippen MR) is 63.8 cm³/mol. The van der Waals surface area contributed by atoms with Gasteiger partial charge in [0.05, 0.1) is 5.56 Å². The van der Waals surface area contributed by atoms with E-state index in [9.17, 15) is 9.59 Å². The van der Waals surface area contributed by atoms with Crippen LogP contribution in [0, 0.1) is 5.92 Å². The smallest absolute Gasteiger partial charge is 0.220 e. The number of primary amides is 1. The van der Waals surface area contributed by atoms with Crippen LogP contribution in [0.2, 0.25) is 0 Å². The van der Waals surface area contributed by atoms with Gasteiger partial charge in [-0.15, -0.1) is 0 Å². The van der Waals surface area contributed by atoms with Gasteiger partial charge in [0.2, 0.25) is 5.91 Å². The zero-order valence-electron chi connectivity index (χ0n) is 9.50. The molecule has 0 bridgehead atoms. The summed E-state index contributed by atoms with van der Waals surface area (Å²) in [5.41, 5.74) is 5.87. The maximum absolute atomic E-state index is 11.1. The minimum Gasteiger partial charge on any atom is -0.369 e. The highest BCUT2D eigenvalue weighted by atomic mass is 16.1. The van der Waals surface area contributed by atoms with Crippen LogP contribution in [-0.2, 0) is 4.79 Å². The van der Waals surface area contributed by atoms with Crippen LogP contribution < -0.4 is 10.6 Å². The van der Waals surface area contributed by atoms with Gasteiger partial charge in [0.1, 0.15) is 5.82 Å². The standard InChI is InChI=1S/C12H15N3O2/c13-11(17)9-3-6-15(7-4-9)12-10(8-16)2-1-5-14-12/h1-2,5,8-9H,3-4,6-7H2,(H2,13,17). The average Bonchev–Trinajstić information content (AvgIpc) is 2.39. The van der Waals surface area contributed by atoms with E-state index in [1.165, 1.54) is 0 Å². The molecule has 0 atom stereocenters. The Bertz CT molecular complexity index is 426. The average molecular weight is 233 g/mol. The van der Waals surface area contributed by atoms with Crippen molar-refractivity contribution >= 4 is 18.0 Å². The molecule has 0 aliphatic carbocycles. The Balaban J connectivity index is 2.10. The van der Waals surface area contributed by atoms with Crippen molar-refractivity contribution < 1.29 is 9.59 Å². The minimum absolute atomic E-state index is 0.0466. The van der Waals surface area contributed by atoms with Crippen molar-refractivity contribution in [3.05, 3.63) is 23.9 Å². The number of aldehydes is 1. The SMILES string of the molecule is NC(=O)C1CCN(c2ncccc2C=O)CC1. The number of anilines is 1. The molecule has 1 aromatic heterocycles. The number of aromatic nitrogens is 1. The summed E-state index contributed by atoms with van der Waals surface area (Å²) in [5.74, 6) is 0.418. The van der Waals surface area contributed by atoms with Gasteiger partial charge in [0.25, 0.3) is 0 Å². The molecule has 1 saturated heterocycles. The molecule has 2 N–H and O–H groups in total. The van der Waals surface area contributed by atoms with Crippen LogP contribution in [0.15, 0.2) is 18.3 Å². The first-order valence-corrected chi connectivity index (χ1v) is 5.67. The van der Waals surface area contributed by atoms with Crippen molar-refractivity contribution in [2.24, 2.45) is 11.7 Å². The molecule has 17 heavy (non-hydrogen) atoms. The molecule has 1 amide bonds. The number of carbonyl (C=O) groups excluding carboxylic acids is 2. The van der Waals surface area contributed by atoms with E-state index in [0.717, 1.165) is 19.1 Å². The van der Waals surface area contributed by atoms with Crippen LogP contribution in [0.3, 0.4) is 0 Å². The second-order valence-corrected chi connectivity index (χ2v) is 4.20. The van der Waals surface area contributed by atoms with E-state index >= 15 is 0 Å². The molecule has 0 unspecified atom stereocenters. The number of rotatable bonds is 3. The van der Waals surface area contributed by atoms with E-state index in [1.54, 1.807) is 18.3 Å². The number of nitrogens with two attached hydrogens (primary N) is 1. The van der Waals surface area contributed by atoms with Crippen molar-refractivity contribution in [2.75, 3.05) is 18.0 Å². The Labute approximate surface area is 99.6 Å². The van der Waals surface area contributed by atoms with Gasteiger partial charge in [-0.1, -0.05) is 0 Å². The van der Waals surface area contributed by atoms with Crippen LogP contribution in [-0.4, -0.2) is 30.3 Å². The number of hydrogen-bond donors (Lipinski definition) is 1. The van der Waals surface area contributed by atoms with E-state index in [-0.39, 0.29) is 11.8 Å². The summed E-state index contributed by atoms with van der Waals surface area (Å²) >= 11 is 0. The quantitative estimate of drug-likeness (QED) is 0.775. The third-order valence-electron chi connectivity index (χ3n) is 3.14. The van der Waals surface area contributed by atoms with E-state index < -0.39 is 0 Å². The summed E-state index contributed by atoms with van der Waals surface area (Å²) < 4.78 is 0. The highest BCUT2D eigenvalue weighted by molar-refractivity contribution is 5.83. The zero-order chi connectivity index (χ0) is 12.3. The Hall–Kier alpha value is -1.91. The van der Waals surface area contributed by atoms with Crippen LogP contribution in [0.1, 0.15) is 23.2 Å². The van der Waals surface area contributed by atoms with E-state index in [2.05, 4.69) is 4.98 Å². The van der Waals surface area contributed by atoms with Crippen molar-refractivity contribution in [3.63, 3.8) is 0 Å². The summed E-state index contributed by atoms with van der Waals surface area (Å²) in [6.07, 6.45) is 3.93. The Morgan fingerprint density at radius 2 is 2.18 bits per heavy atom. The number of piperidine rings is 1. The van der Waals surface area contributed by atoms with Gasteiger partial charge < -0.3 is 10.6 Å². The van der Waals surface area contributed by atoms with E-state index in [1.807, 2.05) is 4.90 Å². The lowest BCUT2D eigenvalue weighted by Crippen LogP contribution is -2.39. The molecular weight excluding hydrogens is 218 g/mol. The lowest BCUT2D eigenvalue weighted by Gasteiger charge is -2.31. The second-order valence-electron chi connectivity index (χ2n) is 4.20. The highest BCUT2D eigenvalue weighted by Crippen LogP contribution is 2.23. The fourth-order valence-corrected chi connectivity index (χ4v) is 2.14. The van der Waals surface area contributed by atoms with Gasteiger partial charge in [-0.2, -0.15) is 0 Å². The monoisotopic (exact) mass is 233 g/mol. The van der Waals surface area contributed by atoms with Gasteiger partial charge in [-0.25, -0.2) is 4.98 Å². The Morgan fingerprint density at radius 1 is 1.47 bits per heavy atom. The molecule has 2 heterocycles. The third kappa shape index (κ3) is 2.43. The van der Waals surface area contributed by atoms with Crippen molar-refractivity contribution in [1.29, 1.82) is 0 Å². The van der Waals surface area contributed by atoms with Gasteiger partial charge >= 0.3 is 0 Å². The van der Waals surface area contributed by atoms with Crippen molar-refractivity contribution in [1.82, 2.24) is 4.98 Å². The van der Waals surface area contributed by atoms with Crippen molar-refractivity contribution in [3.8, 4) is 0 Å². The number of carbonyl (C=O) groups is 2. The maximum Gasteiger partial charge on any atom is 0.220 e. The zero-order valence-corrected chi connectivity index (χ0v) is 9.50. The summed E-state index contributed by atoms with van der Waals surface area (Å²) in [7, 11) is 0. The van der Waals surface area contributed by atoms with Crippen LogP contribution in [0.5, 0.6) is 0 Å². The molecule has 5 heteroatoms. The first-order chi connectivity index (χ1) is 8.22. The molecule has 5 nitrogen and oxygen atoms in total. The fraction of sp³-hybridized carbons (Fsp3) is 0.417. The predicted octanol–water partition coefficient (Wildman–Crippen LogP) is 0.596. The third-order valence-corrected chi connectivity index (χ3v) is 3.14. The molecular formula is C12H15N3O2. The van der Waals surface area contributed by atoms with Crippen LogP contribution in [0.4, 0.5) is 5.82 Å². The molecule has 2 rings (SSSR count). The summed E-state index contributed by atoms with van der Waals surface area (Å²) in [6, 6.07) is 3.49.